The second kappa shape index (κ2) is 4.11. The molecule has 0 radical (unpaired) electrons. The van der Waals surface area contributed by atoms with E-state index in [2.05, 4.69) is 36.5 Å². The number of benzene rings is 1. The van der Waals surface area contributed by atoms with Gasteiger partial charge < -0.3 is 11.1 Å². The summed E-state index contributed by atoms with van der Waals surface area (Å²) in [5.41, 5.74) is 8.74. The Labute approximate surface area is 85.5 Å². The van der Waals surface area contributed by atoms with Crippen LogP contribution in [0.3, 0.4) is 0 Å². The molecule has 1 aliphatic rings. The van der Waals surface area contributed by atoms with Gasteiger partial charge in [0, 0.05) is 12.1 Å². The number of nitrogens with one attached hydrogen (secondary N) is 1. The maximum absolute atomic E-state index is 5.97. The Bertz CT molecular complexity index is 309. The zero-order chi connectivity index (χ0) is 9.97. The highest BCUT2D eigenvalue weighted by atomic mass is 14.9. The molecule has 2 unspecified atom stereocenters. The number of nitrogens with two attached hydrogens (primary N) is 1. The number of hydrogen-bond donors (Lipinski definition) is 2. The molecule has 1 aromatic rings. The van der Waals surface area contributed by atoms with Crippen LogP contribution in [0.4, 0.5) is 0 Å². The summed E-state index contributed by atoms with van der Waals surface area (Å²) in [6.45, 7) is 3.21. The molecule has 14 heavy (non-hydrogen) atoms. The first-order valence-corrected chi connectivity index (χ1v) is 5.32. The van der Waals surface area contributed by atoms with Crippen molar-refractivity contribution >= 4 is 0 Å². The van der Waals surface area contributed by atoms with Gasteiger partial charge in [-0.15, -0.1) is 0 Å². The van der Waals surface area contributed by atoms with E-state index in [1.807, 2.05) is 0 Å². The third-order valence-electron chi connectivity index (χ3n) is 3.01. The zero-order valence-electron chi connectivity index (χ0n) is 8.66. The van der Waals surface area contributed by atoms with E-state index in [1.54, 1.807) is 0 Å². The van der Waals surface area contributed by atoms with Gasteiger partial charge in [0.1, 0.15) is 0 Å². The fraction of sp³-hybridized carbons (Fsp3) is 0.500. The molecule has 1 aromatic carbocycles. The van der Waals surface area contributed by atoms with E-state index in [0.29, 0.717) is 12.1 Å². The van der Waals surface area contributed by atoms with E-state index in [9.17, 15) is 0 Å². The maximum Gasteiger partial charge on any atom is 0.0337 e. The number of piperidine rings is 1. The van der Waals surface area contributed by atoms with Crippen molar-refractivity contribution in [2.75, 3.05) is 6.54 Å². The summed E-state index contributed by atoms with van der Waals surface area (Å²) < 4.78 is 0. The lowest BCUT2D eigenvalue weighted by Crippen LogP contribution is -2.38. The number of hydrogen-bond acceptors (Lipinski definition) is 2. The molecule has 3 N–H and O–H groups in total. The zero-order valence-corrected chi connectivity index (χ0v) is 8.66. The van der Waals surface area contributed by atoms with Crippen molar-refractivity contribution in [3.8, 4) is 0 Å². The summed E-state index contributed by atoms with van der Waals surface area (Å²) in [7, 11) is 0. The van der Waals surface area contributed by atoms with Crippen LogP contribution < -0.4 is 11.1 Å². The minimum Gasteiger partial charge on any atom is -0.328 e. The molecule has 2 atom stereocenters. The molecule has 0 aliphatic carbocycles. The molecule has 1 heterocycles. The van der Waals surface area contributed by atoms with Crippen LogP contribution in [0.25, 0.3) is 0 Å². The molecule has 2 heteroatoms. The number of aryl methyl sites for hydroxylation is 1. The largest absolute Gasteiger partial charge is 0.328 e. The van der Waals surface area contributed by atoms with Crippen LogP contribution in [-0.2, 0) is 0 Å². The topological polar surface area (TPSA) is 38.0 Å². The minimum atomic E-state index is 0.362. The van der Waals surface area contributed by atoms with Gasteiger partial charge in [-0.2, -0.15) is 0 Å². The molecule has 0 aromatic heterocycles. The van der Waals surface area contributed by atoms with Crippen LogP contribution in [0.15, 0.2) is 24.3 Å². The first-order chi connectivity index (χ1) is 6.77. The van der Waals surface area contributed by atoms with Crippen LogP contribution in [-0.4, -0.2) is 12.6 Å². The van der Waals surface area contributed by atoms with E-state index in [-0.39, 0.29) is 0 Å². The molecular weight excluding hydrogens is 172 g/mol. The predicted octanol–water partition coefficient (Wildman–Crippen LogP) is 1.75. The van der Waals surface area contributed by atoms with Crippen molar-refractivity contribution in [2.45, 2.75) is 31.8 Å². The fourth-order valence-electron chi connectivity index (χ4n) is 2.16. The smallest absolute Gasteiger partial charge is 0.0337 e. The third-order valence-corrected chi connectivity index (χ3v) is 3.01. The highest BCUT2D eigenvalue weighted by molar-refractivity contribution is 5.29. The lowest BCUT2D eigenvalue weighted by molar-refractivity contribution is 0.368. The second-order valence-corrected chi connectivity index (χ2v) is 4.15. The molecule has 1 saturated heterocycles. The van der Waals surface area contributed by atoms with E-state index in [1.165, 1.54) is 11.1 Å². The molecule has 2 rings (SSSR count). The van der Waals surface area contributed by atoms with Crippen molar-refractivity contribution in [1.82, 2.24) is 5.32 Å². The van der Waals surface area contributed by atoms with E-state index >= 15 is 0 Å². The second-order valence-electron chi connectivity index (χ2n) is 4.15. The standard InChI is InChI=1S/C12H18N2/c1-9-4-2-3-5-11(9)12-8-10(13)6-7-14-12/h2-5,10,12,14H,6-8,13H2,1H3. The first-order valence-electron chi connectivity index (χ1n) is 5.32. The van der Waals surface area contributed by atoms with Crippen LogP contribution in [0, 0.1) is 6.92 Å². The van der Waals surface area contributed by atoms with Gasteiger partial charge in [0.05, 0.1) is 0 Å². The Balaban J connectivity index is 2.18. The summed E-state index contributed by atoms with van der Waals surface area (Å²) in [4.78, 5) is 0. The first kappa shape index (κ1) is 9.69. The van der Waals surface area contributed by atoms with E-state index in [4.69, 9.17) is 5.73 Å². The highest BCUT2D eigenvalue weighted by Gasteiger charge is 2.20. The van der Waals surface area contributed by atoms with Crippen molar-refractivity contribution in [1.29, 1.82) is 0 Å². The SMILES string of the molecule is Cc1ccccc1C1CC(N)CCN1. The Morgan fingerprint density at radius 3 is 2.86 bits per heavy atom. The lowest BCUT2D eigenvalue weighted by Gasteiger charge is -2.29. The molecule has 0 spiro atoms. The molecule has 1 fully saturated rings. The van der Waals surface area contributed by atoms with Crippen LogP contribution >= 0.6 is 0 Å². The predicted molar refractivity (Wildman–Crippen MR) is 59.1 cm³/mol. The minimum absolute atomic E-state index is 0.362. The van der Waals surface area contributed by atoms with Gasteiger partial charge in [-0.3, -0.25) is 0 Å². The van der Waals surface area contributed by atoms with Gasteiger partial charge in [0.2, 0.25) is 0 Å². The number of rotatable bonds is 1. The van der Waals surface area contributed by atoms with Crippen LogP contribution in [0.2, 0.25) is 0 Å². The Kier molecular flexibility index (Phi) is 2.85. The lowest BCUT2D eigenvalue weighted by atomic mass is 9.92. The molecule has 76 valence electrons. The summed E-state index contributed by atoms with van der Waals surface area (Å²) >= 11 is 0. The molecule has 0 saturated carbocycles. The monoisotopic (exact) mass is 190 g/mol. The average Bonchev–Trinajstić information content (AvgIpc) is 2.18. The van der Waals surface area contributed by atoms with Gasteiger partial charge in [-0.25, -0.2) is 0 Å². The summed E-state index contributed by atoms with van der Waals surface area (Å²) in [5, 5.41) is 3.53. The fourth-order valence-corrected chi connectivity index (χ4v) is 2.16. The normalized spacial score (nSPS) is 27.6. The summed E-state index contributed by atoms with van der Waals surface area (Å²) in [5.74, 6) is 0. The van der Waals surface area contributed by atoms with Crippen LogP contribution in [0.1, 0.15) is 30.0 Å². The van der Waals surface area contributed by atoms with Crippen molar-refractivity contribution in [3.63, 3.8) is 0 Å². The van der Waals surface area contributed by atoms with Crippen molar-refractivity contribution in [2.24, 2.45) is 5.73 Å². The van der Waals surface area contributed by atoms with Gasteiger partial charge in [-0.05, 0) is 37.4 Å². The van der Waals surface area contributed by atoms with Gasteiger partial charge >= 0.3 is 0 Å². The maximum atomic E-state index is 5.97. The van der Waals surface area contributed by atoms with E-state index in [0.717, 1.165) is 19.4 Å². The average molecular weight is 190 g/mol. The summed E-state index contributed by atoms with van der Waals surface area (Å²) in [6.07, 6.45) is 2.16. The molecule has 2 nitrogen and oxygen atoms in total. The molecule has 0 bridgehead atoms. The molecule has 1 aliphatic heterocycles. The van der Waals surface area contributed by atoms with Crippen LogP contribution in [0.5, 0.6) is 0 Å². The highest BCUT2D eigenvalue weighted by Crippen LogP contribution is 2.24. The quantitative estimate of drug-likeness (QED) is 0.708. The van der Waals surface area contributed by atoms with Gasteiger partial charge in [0.15, 0.2) is 0 Å². The molecular formula is C12H18N2. The van der Waals surface area contributed by atoms with E-state index < -0.39 is 0 Å². The van der Waals surface area contributed by atoms with Crippen molar-refractivity contribution < 1.29 is 0 Å². The Morgan fingerprint density at radius 2 is 2.14 bits per heavy atom. The summed E-state index contributed by atoms with van der Waals surface area (Å²) in [6, 6.07) is 9.37. The third kappa shape index (κ3) is 1.97. The van der Waals surface area contributed by atoms with Gasteiger partial charge in [-0.1, -0.05) is 24.3 Å². The van der Waals surface area contributed by atoms with Crippen molar-refractivity contribution in [3.05, 3.63) is 35.4 Å². The Hall–Kier alpha value is -0.860. The Morgan fingerprint density at radius 1 is 1.36 bits per heavy atom. The van der Waals surface area contributed by atoms with Gasteiger partial charge in [0.25, 0.3) is 0 Å². The molecule has 0 amide bonds.